The van der Waals surface area contributed by atoms with Crippen molar-refractivity contribution >= 4 is 27.3 Å². The lowest BCUT2D eigenvalue weighted by molar-refractivity contribution is 0.464. The first-order chi connectivity index (χ1) is 9.28. The monoisotopic (exact) mass is 337 g/mol. The third-order valence-electron chi connectivity index (χ3n) is 3.43. The highest BCUT2D eigenvalue weighted by molar-refractivity contribution is 9.11. The van der Waals surface area contributed by atoms with E-state index in [-0.39, 0.29) is 0 Å². The molecule has 1 atom stereocenters. The highest BCUT2D eigenvalue weighted by Gasteiger charge is 2.21. The van der Waals surface area contributed by atoms with Crippen LogP contribution in [0.1, 0.15) is 37.1 Å². The number of hydrogen-bond acceptors (Lipinski definition) is 4. The van der Waals surface area contributed by atoms with Crippen LogP contribution in [0.5, 0.6) is 0 Å². The molecule has 0 bridgehead atoms. The fourth-order valence-electron chi connectivity index (χ4n) is 2.56. The second-order valence-electron chi connectivity index (χ2n) is 4.70. The number of aryl methyl sites for hydroxylation is 1. The van der Waals surface area contributed by atoms with Gasteiger partial charge in [-0.3, -0.25) is 0 Å². The van der Waals surface area contributed by atoms with Crippen LogP contribution in [0.4, 0.5) is 0 Å². The van der Waals surface area contributed by atoms with Gasteiger partial charge in [-0.1, -0.05) is 6.92 Å². The Bertz CT molecular complexity index is 582. The van der Waals surface area contributed by atoms with Gasteiger partial charge in [0.15, 0.2) is 5.82 Å². The van der Waals surface area contributed by atoms with E-state index in [2.05, 4.69) is 39.2 Å². The van der Waals surface area contributed by atoms with E-state index < -0.39 is 0 Å². The van der Waals surface area contributed by atoms with Gasteiger partial charge in [0.2, 0.25) is 0 Å². The van der Waals surface area contributed by atoms with Gasteiger partial charge in [0.1, 0.15) is 0 Å². The Hall–Kier alpha value is -0.780. The molecule has 0 spiro atoms. The van der Waals surface area contributed by atoms with Crippen molar-refractivity contribution in [3.63, 3.8) is 0 Å². The van der Waals surface area contributed by atoms with E-state index in [1.54, 1.807) is 11.3 Å². The number of fused-ring (bicyclic) bond motifs is 1. The zero-order valence-electron chi connectivity index (χ0n) is 10.8. The van der Waals surface area contributed by atoms with Crippen molar-refractivity contribution in [3.8, 4) is 10.7 Å². The lowest BCUT2D eigenvalue weighted by Gasteiger charge is -2.25. The summed E-state index contributed by atoms with van der Waals surface area (Å²) in [5.74, 6) is 0.853. The molecule has 19 heavy (non-hydrogen) atoms. The number of thiophene rings is 1. The normalized spacial score (nSPS) is 18.3. The van der Waals surface area contributed by atoms with Gasteiger partial charge in [-0.15, -0.1) is 11.3 Å². The second-order valence-corrected chi connectivity index (χ2v) is 7.16. The number of halogens is 1. The molecule has 3 rings (SSSR count). The van der Waals surface area contributed by atoms with E-state index in [9.17, 15) is 0 Å². The maximum absolute atomic E-state index is 4.77. The Morgan fingerprint density at radius 1 is 1.47 bits per heavy atom. The molecule has 0 saturated carbocycles. The summed E-state index contributed by atoms with van der Waals surface area (Å²) in [4.78, 5) is 10.4. The summed E-state index contributed by atoms with van der Waals surface area (Å²) in [5, 5.41) is 3.52. The van der Waals surface area contributed by atoms with Crippen LogP contribution in [-0.4, -0.2) is 16.5 Å². The van der Waals surface area contributed by atoms with Crippen molar-refractivity contribution in [2.75, 3.05) is 6.54 Å². The van der Waals surface area contributed by atoms with E-state index in [0.29, 0.717) is 6.04 Å². The quantitative estimate of drug-likeness (QED) is 0.921. The highest BCUT2D eigenvalue weighted by atomic mass is 79.9. The Balaban J connectivity index is 1.95. The van der Waals surface area contributed by atoms with Gasteiger partial charge in [-0.25, -0.2) is 9.97 Å². The average Bonchev–Trinajstić information content (AvgIpc) is 2.86. The van der Waals surface area contributed by atoms with Crippen LogP contribution < -0.4 is 5.32 Å². The van der Waals surface area contributed by atoms with E-state index in [1.807, 2.05) is 12.3 Å². The Morgan fingerprint density at radius 2 is 2.37 bits per heavy atom. The van der Waals surface area contributed by atoms with E-state index in [4.69, 9.17) is 4.98 Å². The van der Waals surface area contributed by atoms with Gasteiger partial charge in [0, 0.05) is 23.5 Å². The minimum absolute atomic E-state index is 0.429. The molecular weight excluding hydrogens is 322 g/mol. The fraction of sp³-hybridized carbons (Fsp3) is 0.429. The molecule has 0 saturated heterocycles. The van der Waals surface area contributed by atoms with E-state index >= 15 is 0 Å². The van der Waals surface area contributed by atoms with Gasteiger partial charge < -0.3 is 5.32 Å². The number of rotatable bonds is 3. The largest absolute Gasteiger partial charge is 0.310 e. The van der Waals surface area contributed by atoms with Crippen LogP contribution in [0.15, 0.2) is 22.1 Å². The minimum Gasteiger partial charge on any atom is -0.310 e. The van der Waals surface area contributed by atoms with Gasteiger partial charge in [0.05, 0.1) is 8.66 Å². The molecule has 1 aliphatic carbocycles. The van der Waals surface area contributed by atoms with Crippen LogP contribution in [0.2, 0.25) is 0 Å². The molecule has 0 fully saturated rings. The molecule has 3 nitrogen and oxygen atoms in total. The minimum atomic E-state index is 0.429. The molecule has 2 aromatic rings. The summed E-state index contributed by atoms with van der Waals surface area (Å²) in [6, 6.07) is 4.54. The topological polar surface area (TPSA) is 37.8 Å². The second kappa shape index (κ2) is 5.69. The third-order valence-corrected chi connectivity index (χ3v) is 5.05. The lowest BCUT2D eigenvalue weighted by atomic mass is 9.92. The molecule has 0 radical (unpaired) electrons. The van der Waals surface area contributed by atoms with Crippen LogP contribution >= 0.6 is 27.3 Å². The van der Waals surface area contributed by atoms with Crippen molar-refractivity contribution in [1.29, 1.82) is 0 Å². The summed E-state index contributed by atoms with van der Waals surface area (Å²) >= 11 is 5.17. The zero-order chi connectivity index (χ0) is 13.2. The van der Waals surface area contributed by atoms with Gasteiger partial charge in [0.25, 0.3) is 0 Å². The average molecular weight is 338 g/mol. The molecular formula is C14H16BrN3S. The SMILES string of the molecule is CCNC1CCCc2nc(-c3ccc(Br)s3)ncc21. The lowest BCUT2D eigenvalue weighted by Crippen LogP contribution is -2.25. The van der Waals surface area contributed by atoms with Gasteiger partial charge in [-0.2, -0.15) is 0 Å². The smallest absolute Gasteiger partial charge is 0.169 e. The van der Waals surface area contributed by atoms with Crippen molar-refractivity contribution in [2.45, 2.75) is 32.2 Å². The van der Waals surface area contributed by atoms with Crippen molar-refractivity contribution in [3.05, 3.63) is 33.4 Å². The molecule has 0 amide bonds. The molecule has 1 aliphatic rings. The Kier molecular flexibility index (Phi) is 3.96. The van der Waals surface area contributed by atoms with Crippen LogP contribution in [0, 0.1) is 0 Å². The number of nitrogens with one attached hydrogen (secondary N) is 1. The van der Waals surface area contributed by atoms with Crippen molar-refractivity contribution in [2.24, 2.45) is 0 Å². The van der Waals surface area contributed by atoms with Gasteiger partial charge in [-0.05, 0) is 53.9 Å². The maximum atomic E-state index is 4.77. The molecule has 1 unspecified atom stereocenters. The molecule has 2 heterocycles. The molecule has 1 N–H and O–H groups in total. The van der Waals surface area contributed by atoms with E-state index in [0.717, 1.165) is 27.5 Å². The predicted molar refractivity (Wildman–Crippen MR) is 82.4 cm³/mol. The molecule has 0 aliphatic heterocycles. The molecule has 100 valence electrons. The molecule has 5 heteroatoms. The first-order valence-electron chi connectivity index (χ1n) is 6.63. The summed E-state index contributed by atoms with van der Waals surface area (Å²) in [6.45, 7) is 3.14. The van der Waals surface area contributed by atoms with Crippen LogP contribution in [0.3, 0.4) is 0 Å². The van der Waals surface area contributed by atoms with Crippen LogP contribution in [-0.2, 0) is 6.42 Å². The first-order valence-corrected chi connectivity index (χ1v) is 8.23. The fourth-order valence-corrected chi connectivity index (χ4v) is 3.89. The van der Waals surface area contributed by atoms with Gasteiger partial charge >= 0.3 is 0 Å². The summed E-state index contributed by atoms with van der Waals surface area (Å²) in [5.41, 5.74) is 2.50. The molecule has 0 aromatic carbocycles. The Labute approximate surface area is 125 Å². The maximum Gasteiger partial charge on any atom is 0.169 e. The predicted octanol–water partition coefficient (Wildman–Crippen LogP) is 3.95. The summed E-state index contributed by atoms with van der Waals surface area (Å²) < 4.78 is 1.12. The summed E-state index contributed by atoms with van der Waals surface area (Å²) in [7, 11) is 0. The number of hydrogen-bond donors (Lipinski definition) is 1. The number of nitrogens with zero attached hydrogens (tertiary/aromatic N) is 2. The Morgan fingerprint density at radius 3 is 3.11 bits per heavy atom. The van der Waals surface area contributed by atoms with Crippen molar-refractivity contribution in [1.82, 2.24) is 15.3 Å². The van der Waals surface area contributed by atoms with Crippen LogP contribution in [0.25, 0.3) is 10.7 Å². The highest BCUT2D eigenvalue weighted by Crippen LogP contribution is 2.32. The van der Waals surface area contributed by atoms with Crippen molar-refractivity contribution < 1.29 is 0 Å². The summed E-state index contributed by atoms with van der Waals surface area (Å²) in [6.07, 6.45) is 5.47. The zero-order valence-corrected chi connectivity index (χ0v) is 13.2. The third kappa shape index (κ3) is 2.73. The standard InChI is InChI=1S/C14H16BrN3S/c1-2-16-10-4-3-5-11-9(10)8-17-14(18-11)12-6-7-13(15)19-12/h6-8,10,16H,2-5H2,1H3. The van der Waals surface area contributed by atoms with E-state index in [1.165, 1.54) is 24.1 Å². The number of aromatic nitrogens is 2. The first kappa shape index (κ1) is 13.2. The molecule has 2 aromatic heterocycles.